The molecule has 7 heteroatoms. The molecule has 124 valence electrons. The van der Waals surface area contributed by atoms with Gasteiger partial charge in [0, 0.05) is 32.7 Å². The topological polar surface area (TPSA) is 63.3 Å². The zero-order valence-electron chi connectivity index (χ0n) is 13.2. The van der Waals surface area contributed by atoms with Crippen LogP contribution in [0.4, 0.5) is 0 Å². The third-order valence-corrected chi connectivity index (χ3v) is 3.64. The molecule has 6 nitrogen and oxygen atoms in total. The van der Waals surface area contributed by atoms with Gasteiger partial charge in [-0.3, -0.25) is 9.89 Å². The second-order valence-electron chi connectivity index (χ2n) is 5.94. The lowest BCUT2D eigenvalue weighted by molar-refractivity contribution is -0.0263. The molecule has 2 rings (SSSR count). The van der Waals surface area contributed by atoms with Crippen molar-refractivity contribution in [1.29, 1.82) is 0 Å². The highest BCUT2D eigenvalue weighted by Gasteiger charge is 2.21. The predicted octanol–water partition coefficient (Wildman–Crippen LogP) is 0.608. The van der Waals surface area contributed by atoms with Crippen LogP contribution in [-0.2, 0) is 9.47 Å². The first-order valence-corrected chi connectivity index (χ1v) is 7.61. The van der Waals surface area contributed by atoms with Crippen LogP contribution in [0.1, 0.15) is 13.8 Å². The molecule has 2 fully saturated rings. The molecule has 2 saturated heterocycles. The van der Waals surface area contributed by atoms with Crippen LogP contribution >= 0.6 is 24.0 Å². The number of hydrogen-bond acceptors (Lipinski definition) is 4. The van der Waals surface area contributed by atoms with Gasteiger partial charge in [-0.15, -0.1) is 24.0 Å². The van der Waals surface area contributed by atoms with Gasteiger partial charge in [0.1, 0.15) is 0 Å². The molecule has 2 N–H and O–H groups in total. The monoisotopic (exact) mass is 412 g/mol. The second-order valence-corrected chi connectivity index (χ2v) is 5.94. The molecule has 0 aromatic heterocycles. The number of guanidine groups is 1. The second kappa shape index (κ2) is 9.81. The first kappa shape index (κ1) is 18.9. The van der Waals surface area contributed by atoms with Crippen LogP contribution in [0.25, 0.3) is 0 Å². The molecular weight excluding hydrogens is 383 g/mol. The van der Waals surface area contributed by atoms with Gasteiger partial charge in [0.25, 0.3) is 0 Å². The summed E-state index contributed by atoms with van der Waals surface area (Å²) in [5, 5.41) is 0. The molecule has 0 aromatic carbocycles. The van der Waals surface area contributed by atoms with E-state index in [4.69, 9.17) is 15.2 Å². The maximum Gasteiger partial charge on any atom is 0.191 e. The summed E-state index contributed by atoms with van der Waals surface area (Å²) in [7, 11) is 0. The van der Waals surface area contributed by atoms with E-state index in [1.807, 2.05) is 0 Å². The Morgan fingerprint density at radius 1 is 1.24 bits per heavy atom. The van der Waals surface area contributed by atoms with Crippen molar-refractivity contribution >= 4 is 29.9 Å². The molecule has 0 spiro atoms. The molecule has 0 aromatic rings. The molecule has 1 unspecified atom stereocenters. The Bertz CT molecular complexity index is 322. The van der Waals surface area contributed by atoms with Crippen molar-refractivity contribution in [2.75, 3.05) is 59.1 Å². The number of aliphatic imine (C=N–C) groups is 1. The zero-order valence-corrected chi connectivity index (χ0v) is 15.5. The van der Waals surface area contributed by atoms with Gasteiger partial charge in [0.05, 0.1) is 32.5 Å². The summed E-state index contributed by atoms with van der Waals surface area (Å²) in [5.74, 6) is 1.31. The number of ether oxygens (including phenoxy) is 2. The summed E-state index contributed by atoms with van der Waals surface area (Å²) < 4.78 is 11.1. The summed E-state index contributed by atoms with van der Waals surface area (Å²) in [6.45, 7) is 12.2. The number of nitrogens with zero attached hydrogens (tertiary/aromatic N) is 3. The lowest BCUT2D eigenvalue weighted by Crippen LogP contribution is -2.47. The normalized spacial score (nSPS) is 25.0. The number of morpholine rings is 2. The summed E-state index contributed by atoms with van der Waals surface area (Å²) in [6.07, 6.45) is 0.169. The average Bonchev–Trinajstić information content (AvgIpc) is 2.45. The minimum atomic E-state index is 0. The van der Waals surface area contributed by atoms with Crippen molar-refractivity contribution in [3.05, 3.63) is 0 Å². The van der Waals surface area contributed by atoms with Gasteiger partial charge in [-0.05, 0) is 5.92 Å². The Balaban J connectivity index is 0.00000220. The Kier molecular flexibility index (Phi) is 8.84. The highest BCUT2D eigenvalue weighted by Crippen LogP contribution is 2.08. The maximum atomic E-state index is 6.03. The molecule has 0 amide bonds. The van der Waals surface area contributed by atoms with Gasteiger partial charge in [0.15, 0.2) is 5.96 Å². The summed E-state index contributed by atoms with van der Waals surface area (Å²) in [4.78, 5) is 9.04. The van der Waals surface area contributed by atoms with E-state index in [9.17, 15) is 0 Å². The Morgan fingerprint density at radius 2 is 1.95 bits per heavy atom. The van der Waals surface area contributed by atoms with E-state index >= 15 is 0 Å². The standard InChI is InChI=1S/C14H28N4O2.HI/c1-12(2)10-17-3-8-20-13(11-17)9-16-14(15)18-4-6-19-7-5-18;/h12-13H,3-11H2,1-2H3,(H2,15,16);1H. The summed E-state index contributed by atoms with van der Waals surface area (Å²) >= 11 is 0. The van der Waals surface area contributed by atoms with Gasteiger partial charge in [-0.25, -0.2) is 0 Å². The molecule has 0 aliphatic carbocycles. The fraction of sp³-hybridized carbons (Fsp3) is 0.929. The molecule has 2 aliphatic heterocycles. The van der Waals surface area contributed by atoms with E-state index < -0.39 is 0 Å². The Hall–Kier alpha value is -0.120. The lowest BCUT2D eigenvalue weighted by atomic mass is 10.2. The third kappa shape index (κ3) is 6.66. The van der Waals surface area contributed by atoms with Crippen LogP contribution in [0.5, 0.6) is 0 Å². The maximum absolute atomic E-state index is 6.03. The average molecular weight is 412 g/mol. The van der Waals surface area contributed by atoms with Gasteiger partial charge >= 0.3 is 0 Å². The summed E-state index contributed by atoms with van der Waals surface area (Å²) in [5.41, 5.74) is 6.03. The molecule has 0 saturated carbocycles. The Labute approximate surface area is 145 Å². The van der Waals surface area contributed by atoms with Crippen LogP contribution < -0.4 is 5.73 Å². The largest absolute Gasteiger partial charge is 0.378 e. The van der Waals surface area contributed by atoms with Gasteiger partial charge < -0.3 is 20.1 Å². The smallest absolute Gasteiger partial charge is 0.191 e. The summed E-state index contributed by atoms with van der Waals surface area (Å²) in [6, 6.07) is 0. The molecule has 2 heterocycles. The zero-order chi connectivity index (χ0) is 14.4. The predicted molar refractivity (Wildman–Crippen MR) is 95.3 cm³/mol. The quantitative estimate of drug-likeness (QED) is 0.417. The van der Waals surface area contributed by atoms with Crippen molar-refractivity contribution in [2.24, 2.45) is 16.6 Å². The molecule has 0 radical (unpaired) electrons. The molecule has 1 atom stereocenters. The number of nitrogens with two attached hydrogens (primary N) is 1. The first-order valence-electron chi connectivity index (χ1n) is 7.61. The van der Waals surface area contributed by atoms with E-state index in [2.05, 4.69) is 28.6 Å². The molecule has 21 heavy (non-hydrogen) atoms. The van der Waals surface area contributed by atoms with Gasteiger partial charge in [0.2, 0.25) is 0 Å². The fourth-order valence-corrected chi connectivity index (χ4v) is 2.66. The van der Waals surface area contributed by atoms with Crippen LogP contribution in [0.2, 0.25) is 0 Å². The van der Waals surface area contributed by atoms with E-state index in [0.717, 1.165) is 52.5 Å². The molecule has 2 aliphatic rings. The van der Waals surface area contributed by atoms with Crippen LogP contribution in [-0.4, -0.2) is 81.0 Å². The molecule has 0 bridgehead atoms. The first-order chi connectivity index (χ1) is 9.65. The van der Waals surface area contributed by atoms with Crippen LogP contribution in [0.15, 0.2) is 4.99 Å². The molecular formula is C14H29IN4O2. The van der Waals surface area contributed by atoms with Crippen molar-refractivity contribution in [2.45, 2.75) is 20.0 Å². The van der Waals surface area contributed by atoms with E-state index in [1.165, 1.54) is 0 Å². The van der Waals surface area contributed by atoms with E-state index in [-0.39, 0.29) is 30.1 Å². The highest BCUT2D eigenvalue weighted by atomic mass is 127. The number of hydrogen-bond donors (Lipinski definition) is 1. The Morgan fingerprint density at radius 3 is 2.62 bits per heavy atom. The van der Waals surface area contributed by atoms with Crippen molar-refractivity contribution in [1.82, 2.24) is 9.80 Å². The van der Waals surface area contributed by atoms with E-state index in [1.54, 1.807) is 0 Å². The minimum Gasteiger partial charge on any atom is -0.378 e. The SMILES string of the molecule is CC(C)CN1CCOC(CN=C(N)N2CCOCC2)C1.I. The van der Waals surface area contributed by atoms with Crippen LogP contribution in [0, 0.1) is 5.92 Å². The van der Waals surface area contributed by atoms with Crippen molar-refractivity contribution in [3.8, 4) is 0 Å². The number of rotatable bonds is 4. The minimum absolute atomic E-state index is 0. The lowest BCUT2D eigenvalue weighted by Gasteiger charge is -2.33. The third-order valence-electron chi connectivity index (χ3n) is 3.64. The van der Waals surface area contributed by atoms with Crippen molar-refractivity contribution < 1.29 is 9.47 Å². The van der Waals surface area contributed by atoms with Crippen molar-refractivity contribution in [3.63, 3.8) is 0 Å². The fourth-order valence-electron chi connectivity index (χ4n) is 2.66. The van der Waals surface area contributed by atoms with Gasteiger partial charge in [-0.1, -0.05) is 13.8 Å². The van der Waals surface area contributed by atoms with Crippen LogP contribution in [0.3, 0.4) is 0 Å². The highest BCUT2D eigenvalue weighted by molar-refractivity contribution is 14.0. The van der Waals surface area contributed by atoms with E-state index in [0.29, 0.717) is 18.4 Å². The number of halogens is 1. The van der Waals surface area contributed by atoms with Gasteiger partial charge in [-0.2, -0.15) is 0 Å².